The van der Waals surface area contributed by atoms with Crippen molar-refractivity contribution in [2.75, 3.05) is 26.2 Å². The molecule has 1 fully saturated rings. The number of nitrogens with zero attached hydrogens (tertiary/aromatic N) is 2. The molecule has 0 spiro atoms. The minimum atomic E-state index is -0.160. The Hall–Kier alpha value is -4.96. The Morgan fingerprint density at radius 2 is 0.575 bits per heavy atom. The van der Waals surface area contributed by atoms with Crippen LogP contribution in [0.4, 0.5) is 0 Å². The zero-order chi connectivity index (χ0) is 27.2. The summed E-state index contributed by atoms with van der Waals surface area (Å²) >= 11 is 0. The van der Waals surface area contributed by atoms with E-state index in [9.17, 15) is 0 Å². The van der Waals surface area contributed by atoms with Gasteiger partial charge in [0.15, 0.2) is 0 Å². The quantitative estimate of drug-likeness (QED) is 0.324. The van der Waals surface area contributed by atoms with E-state index in [0.29, 0.717) is 0 Å². The van der Waals surface area contributed by atoms with Crippen molar-refractivity contribution in [2.24, 2.45) is 0 Å². The predicted octanol–water partition coefficient (Wildman–Crippen LogP) is 5.55. The fourth-order valence-corrected chi connectivity index (χ4v) is 4.38. The van der Waals surface area contributed by atoms with Crippen molar-refractivity contribution in [2.45, 2.75) is 12.1 Å². The van der Waals surface area contributed by atoms with Gasteiger partial charge in [-0.25, -0.2) is 0 Å². The van der Waals surface area contributed by atoms with Crippen LogP contribution in [-0.4, -0.2) is 48.1 Å². The SMILES string of the molecule is C(#CC(C#Cc1ccccc1)N1CCN(C(C#Cc2ccccc2)C#Cc2ccccc2)CC1)c1ccccc1. The van der Waals surface area contributed by atoms with E-state index >= 15 is 0 Å². The van der Waals surface area contributed by atoms with Crippen LogP contribution in [0.1, 0.15) is 22.3 Å². The van der Waals surface area contributed by atoms with E-state index in [1.54, 1.807) is 0 Å². The highest BCUT2D eigenvalue weighted by Crippen LogP contribution is 2.11. The maximum atomic E-state index is 3.44. The second-order valence-corrected chi connectivity index (χ2v) is 9.42. The third kappa shape index (κ3) is 8.02. The highest BCUT2D eigenvalue weighted by atomic mass is 15.3. The molecule has 0 aromatic heterocycles. The van der Waals surface area contributed by atoms with Gasteiger partial charge < -0.3 is 0 Å². The fourth-order valence-electron chi connectivity index (χ4n) is 4.38. The zero-order valence-electron chi connectivity index (χ0n) is 22.4. The summed E-state index contributed by atoms with van der Waals surface area (Å²) in [5.41, 5.74) is 4.00. The van der Waals surface area contributed by atoms with Gasteiger partial charge in [0.25, 0.3) is 0 Å². The molecule has 2 nitrogen and oxygen atoms in total. The van der Waals surface area contributed by atoms with Crippen LogP contribution in [0.15, 0.2) is 121 Å². The zero-order valence-corrected chi connectivity index (χ0v) is 22.4. The smallest absolute Gasteiger partial charge is 0.134 e. The molecule has 2 heteroatoms. The van der Waals surface area contributed by atoms with Gasteiger partial charge in [0.2, 0.25) is 0 Å². The van der Waals surface area contributed by atoms with Gasteiger partial charge in [-0.1, -0.05) is 120 Å². The summed E-state index contributed by atoms with van der Waals surface area (Å²) in [7, 11) is 0. The monoisotopic (exact) mass is 514 g/mol. The summed E-state index contributed by atoms with van der Waals surface area (Å²) in [5, 5.41) is 0. The Labute approximate surface area is 238 Å². The maximum Gasteiger partial charge on any atom is 0.134 e. The molecule has 0 atom stereocenters. The van der Waals surface area contributed by atoms with Gasteiger partial charge in [0, 0.05) is 48.4 Å². The molecule has 1 aliphatic rings. The van der Waals surface area contributed by atoms with E-state index in [0.717, 1.165) is 48.4 Å². The number of benzene rings is 4. The standard InChI is InChI=1S/C38H30N2/c1-5-13-33(14-6-1)21-25-37(26-22-34-15-7-2-8-16-34)39-29-31-40(32-30-39)38(27-23-35-17-9-3-10-18-35)28-24-36-19-11-4-12-20-36/h1-20,37-38H,29-32H2. The summed E-state index contributed by atoms with van der Waals surface area (Å²) in [5.74, 6) is 27.1. The number of piperazine rings is 1. The lowest BCUT2D eigenvalue weighted by Crippen LogP contribution is -2.52. The number of hydrogen-bond donors (Lipinski definition) is 0. The van der Waals surface area contributed by atoms with Crippen LogP contribution in [0.2, 0.25) is 0 Å². The second-order valence-electron chi connectivity index (χ2n) is 9.42. The molecule has 0 unspecified atom stereocenters. The van der Waals surface area contributed by atoms with Crippen molar-refractivity contribution in [3.63, 3.8) is 0 Å². The number of hydrogen-bond acceptors (Lipinski definition) is 2. The first-order valence-corrected chi connectivity index (χ1v) is 13.6. The van der Waals surface area contributed by atoms with Crippen LogP contribution >= 0.6 is 0 Å². The van der Waals surface area contributed by atoms with Crippen molar-refractivity contribution < 1.29 is 0 Å². The van der Waals surface area contributed by atoms with Gasteiger partial charge in [0.05, 0.1) is 0 Å². The molecule has 5 rings (SSSR count). The van der Waals surface area contributed by atoms with Crippen molar-refractivity contribution in [1.29, 1.82) is 0 Å². The van der Waals surface area contributed by atoms with Crippen molar-refractivity contribution in [3.8, 4) is 47.4 Å². The Morgan fingerprint density at radius 1 is 0.350 bits per heavy atom. The minimum absolute atomic E-state index is 0.160. The van der Waals surface area contributed by atoms with Crippen LogP contribution in [0.25, 0.3) is 0 Å². The molecule has 0 bridgehead atoms. The molecule has 1 saturated heterocycles. The number of rotatable bonds is 2. The van der Waals surface area contributed by atoms with Crippen LogP contribution in [0.3, 0.4) is 0 Å². The van der Waals surface area contributed by atoms with Crippen LogP contribution < -0.4 is 0 Å². The first kappa shape index (κ1) is 26.6. The molecule has 0 amide bonds. The van der Waals surface area contributed by atoms with Crippen LogP contribution in [-0.2, 0) is 0 Å². The Balaban J connectivity index is 1.35. The van der Waals surface area contributed by atoms with Crippen LogP contribution in [0, 0.1) is 47.4 Å². The van der Waals surface area contributed by atoms with E-state index in [4.69, 9.17) is 0 Å². The molecule has 0 radical (unpaired) electrons. The predicted molar refractivity (Wildman–Crippen MR) is 164 cm³/mol. The van der Waals surface area contributed by atoms with E-state index in [1.807, 2.05) is 121 Å². The van der Waals surface area contributed by atoms with Gasteiger partial charge in [-0.2, -0.15) is 0 Å². The summed E-state index contributed by atoms with van der Waals surface area (Å²) in [6.45, 7) is 3.37. The van der Waals surface area contributed by atoms with Crippen LogP contribution in [0.5, 0.6) is 0 Å². The van der Waals surface area contributed by atoms with E-state index in [-0.39, 0.29) is 12.1 Å². The first-order chi connectivity index (χ1) is 19.8. The van der Waals surface area contributed by atoms with Gasteiger partial charge in [-0.3, -0.25) is 9.80 Å². The molecule has 1 heterocycles. The molecule has 4 aromatic carbocycles. The average molecular weight is 515 g/mol. The van der Waals surface area contributed by atoms with Gasteiger partial charge in [-0.15, -0.1) is 0 Å². The third-order valence-electron chi connectivity index (χ3n) is 6.59. The lowest BCUT2D eigenvalue weighted by molar-refractivity contribution is 0.126. The normalized spacial score (nSPS) is 13.1. The van der Waals surface area contributed by atoms with Crippen molar-refractivity contribution in [1.82, 2.24) is 9.80 Å². The fraction of sp³-hybridized carbons (Fsp3) is 0.158. The lowest BCUT2D eigenvalue weighted by Gasteiger charge is -2.37. The molecule has 4 aromatic rings. The highest BCUT2D eigenvalue weighted by Gasteiger charge is 2.25. The van der Waals surface area contributed by atoms with Gasteiger partial charge in [0.1, 0.15) is 12.1 Å². The van der Waals surface area contributed by atoms with Crippen molar-refractivity contribution in [3.05, 3.63) is 144 Å². The van der Waals surface area contributed by atoms with E-state index < -0.39 is 0 Å². The molecule has 0 saturated carbocycles. The summed E-state index contributed by atoms with van der Waals surface area (Å²) in [6.07, 6.45) is 0. The largest absolute Gasteiger partial charge is 0.277 e. The third-order valence-corrected chi connectivity index (χ3v) is 6.59. The maximum absolute atomic E-state index is 3.44. The van der Waals surface area contributed by atoms with Gasteiger partial charge >= 0.3 is 0 Å². The molecular weight excluding hydrogens is 484 g/mol. The molecular formula is C38H30N2. The summed E-state index contributed by atoms with van der Waals surface area (Å²) in [6, 6.07) is 40.1. The lowest BCUT2D eigenvalue weighted by atomic mass is 10.1. The van der Waals surface area contributed by atoms with E-state index in [2.05, 4.69) is 57.2 Å². The topological polar surface area (TPSA) is 6.48 Å². The summed E-state index contributed by atoms with van der Waals surface area (Å²) in [4.78, 5) is 4.74. The molecule has 192 valence electrons. The molecule has 1 aliphatic heterocycles. The van der Waals surface area contributed by atoms with Gasteiger partial charge in [-0.05, 0) is 48.5 Å². The Morgan fingerprint density at radius 3 is 0.800 bits per heavy atom. The second kappa shape index (κ2) is 14.3. The molecule has 0 N–H and O–H groups in total. The molecule has 40 heavy (non-hydrogen) atoms. The average Bonchev–Trinajstić information content (AvgIpc) is 3.03. The highest BCUT2D eigenvalue weighted by molar-refractivity contribution is 5.42. The summed E-state index contributed by atoms with van der Waals surface area (Å²) < 4.78 is 0. The minimum Gasteiger partial charge on any atom is -0.277 e. The Kier molecular flexibility index (Phi) is 9.50. The van der Waals surface area contributed by atoms with E-state index in [1.165, 1.54) is 0 Å². The first-order valence-electron chi connectivity index (χ1n) is 13.6. The van der Waals surface area contributed by atoms with Crippen molar-refractivity contribution >= 4 is 0 Å². The Bertz CT molecular complexity index is 1370. The molecule has 0 aliphatic carbocycles.